The molecule has 0 bridgehead atoms. The maximum Gasteiger partial charge on any atom is 0.303 e. The van der Waals surface area contributed by atoms with Gasteiger partial charge in [-0.15, -0.1) is 0 Å². The van der Waals surface area contributed by atoms with Crippen LogP contribution in [0.25, 0.3) is 0 Å². The highest BCUT2D eigenvalue weighted by Gasteiger charge is 2.60. The van der Waals surface area contributed by atoms with E-state index in [1.807, 2.05) is 0 Å². The van der Waals surface area contributed by atoms with Crippen LogP contribution < -0.4 is 0 Å². The first kappa shape index (κ1) is 22.2. The van der Waals surface area contributed by atoms with Crippen LogP contribution in [0.15, 0.2) is 0 Å². The van der Waals surface area contributed by atoms with Gasteiger partial charge < -0.3 is 5.11 Å². The summed E-state index contributed by atoms with van der Waals surface area (Å²) >= 11 is 0. The first-order valence-electron chi connectivity index (χ1n) is 12.1. The number of hydrogen-bond acceptors (Lipinski definition) is 1. The SMILES string of the molecule is C.CC[C@H]1CC2C3CC[C@H](CCCC(=O)O)C3(C)CC[C@@H]2C2(C)CCCCC12. The van der Waals surface area contributed by atoms with Gasteiger partial charge in [-0.25, -0.2) is 0 Å². The molecule has 0 aromatic rings. The van der Waals surface area contributed by atoms with E-state index in [2.05, 4.69) is 20.8 Å². The van der Waals surface area contributed by atoms with Gasteiger partial charge >= 0.3 is 5.97 Å². The van der Waals surface area contributed by atoms with Crippen molar-refractivity contribution in [3.63, 3.8) is 0 Å². The lowest BCUT2D eigenvalue weighted by molar-refractivity contribution is -0.138. The lowest BCUT2D eigenvalue weighted by atomic mass is 9.42. The van der Waals surface area contributed by atoms with Crippen molar-refractivity contribution >= 4 is 5.97 Å². The Balaban J connectivity index is 0.00000225. The van der Waals surface area contributed by atoms with Crippen LogP contribution in [0.3, 0.4) is 0 Å². The van der Waals surface area contributed by atoms with Gasteiger partial charge in [0.05, 0.1) is 0 Å². The Labute approximate surface area is 174 Å². The lowest BCUT2D eigenvalue weighted by Gasteiger charge is -2.62. The number of fused-ring (bicyclic) bond motifs is 5. The average molecular weight is 391 g/mol. The standard InChI is InChI=1S/C25H42O2.CH4/c1-4-17-16-19-21-12-11-18(8-7-10-23(26)27)24(21,2)15-13-22(19)25(3)14-6-5-9-20(17)25;/h17-22H,4-16H2,1-3H3,(H,26,27);1H4/t17-,18-,19?,20?,21?,22-,24?,25?;/m0./s1. The van der Waals surface area contributed by atoms with Crippen LogP contribution in [0.4, 0.5) is 0 Å². The molecule has 0 radical (unpaired) electrons. The second-order valence-electron chi connectivity index (χ2n) is 11.2. The van der Waals surface area contributed by atoms with Crippen molar-refractivity contribution in [3.8, 4) is 0 Å². The van der Waals surface area contributed by atoms with Crippen LogP contribution in [0.1, 0.15) is 112 Å². The summed E-state index contributed by atoms with van der Waals surface area (Å²) in [5.41, 5.74) is 1.11. The van der Waals surface area contributed by atoms with Crippen LogP contribution in [0.2, 0.25) is 0 Å². The molecule has 0 saturated heterocycles. The van der Waals surface area contributed by atoms with Crippen molar-refractivity contribution in [3.05, 3.63) is 0 Å². The van der Waals surface area contributed by atoms with Gasteiger partial charge in [0.25, 0.3) is 0 Å². The molecule has 2 nitrogen and oxygen atoms in total. The van der Waals surface area contributed by atoms with Gasteiger partial charge in [0.2, 0.25) is 0 Å². The van der Waals surface area contributed by atoms with E-state index >= 15 is 0 Å². The van der Waals surface area contributed by atoms with Gasteiger partial charge in [0.1, 0.15) is 0 Å². The predicted molar refractivity (Wildman–Crippen MR) is 117 cm³/mol. The normalized spacial score (nSPS) is 47.4. The fourth-order valence-corrected chi connectivity index (χ4v) is 9.10. The van der Waals surface area contributed by atoms with E-state index < -0.39 is 5.97 Å². The summed E-state index contributed by atoms with van der Waals surface area (Å²) < 4.78 is 0. The Morgan fingerprint density at radius 1 is 0.964 bits per heavy atom. The van der Waals surface area contributed by atoms with Crippen LogP contribution >= 0.6 is 0 Å². The molecule has 162 valence electrons. The Bertz CT molecular complexity index is 557. The van der Waals surface area contributed by atoms with Crippen molar-refractivity contribution in [1.29, 1.82) is 0 Å². The third-order valence-corrected chi connectivity index (χ3v) is 10.4. The van der Waals surface area contributed by atoms with Crippen LogP contribution in [0.5, 0.6) is 0 Å². The topological polar surface area (TPSA) is 37.3 Å². The Morgan fingerprint density at radius 3 is 2.43 bits per heavy atom. The molecule has 8 atom stereocenters. The monoisotopic (exact) mass is 390 g/mol. The number of rotatable bonds is 5. The van der Waals surface area contributed by atoms with Gasteiger partial charge in [-0.05, 0) is 104 Å². The lowest BCUT2D eigenvalue weighted by Crippen LogP contribution is -2.55. The maximum absolute atomic E-state index is 11.0. The van der Waals surface area contributed by atoms with Crippen LogP contribution in [-0.2, 0) is 4.79 Å². The number of hydrogen-bond donors (Lipinski definition) is 1. The van der Waals surface area contributed by atoms with Crippen molar-refractivity contribution in [1.82, 2.24) is 0 Å². The molecule has 4 aliphatic carbocycles. The maximum atomic E-state index is 11.0. The summed E-state index contributed by atoms with van der Waals surface area (Å²) in [7, 11) is 0. The summed E-state index contributed by atoms with van der Waals surface area (Å²) in [5, 5.41) is 9.03. The molecule has 0 heterocycles. The largest absolute Gasteiger partial charge is 0.481 e. The molecule has 0 amide bonds. The fourth-order valence-electron chi connectivity index (χ4n) is 9.10. The molecule has 4 saturated carbocycles. The third kappa shape index (κ3) is 3.45. The molecule has 0 aromatic carbocycles. The molecule has 28 heavy (non-hydrogen) atoms. The third-order valence-electron chi connectivity index (χ3n) is 10.4. The second-order valence-corrected chi connectivity index (χ2v) is 11.2. The molecule has 5 unspecified atom stereocenters. The minimum Gasteiger partial charge on any atom is -0.481 e. The first-order chi connectivity index (χ1) is 12.9. The van der Waals surface area contributed by atoms with Crippen molar-refractivity contribution in [2.24, 2.45) is 46.3 Å². The molecule has 4 rings (SSSR count). The summed E-state index contributed by atoms with van der Waals surface area (Å²) in [6.45, 7) is 7.74. The van der Waals surface area contributed by atoms with E-state index in [4.69, 9.17) is 5.11 Å². The molecule has 4 fully saturated rings. The van der Waals surface area contributed by atoms with Gasteiger partial charge in [-0.3, -0.25) is 4.79 Å². The first-order valence-corrected chi connectivity index (χ1v) is 12.1. The van der Waals surface area contributed by atoms with Crippen molar-refractivity contribution in [2.75, 3.05) is 0 Å². The highest BCUT2D eigenvalue weighted by Crippen LogP contribution is 2.69. The number of carbonyl (C=O) groups is 1. The van der Waals surface area contributed by atoms with Crippen molar-refractivity contribution in [2.45, 2.75) is 112 Å². The number of carboxylic acid groups (broad SMARTS) is 1. The van der Waals surface area contributed by atoms with Gasteiger partial charge in [0, 0.05) is 6.42 Å². The molecule has 1 N–H and O–H groups in total. The Hall–Kier alpha value is -0.530. The molecular weight excluding hydrogens is 344 g/mol. The second kappa shape index (κ2) is 8.31. The molecular formula is C26H46O2. The molecule has 4 aliphatic rings. The Morgan fingerprint density at radius 2 is 1.71 bits per heavy atom. The van der Waals surface area contributed by atoms with Crippen LogP contribution in [0, 0.1) is 46.3 Å². The highest BCUT2D eigenvalue weighted by atomic mass is 16.4. The van der Waals surface area contributed by atoms with E-state index in [0.29, 0.717) is 17.3 Å². The van der Waals surface area contributed by atoms with Gasteiger partial charge in [-0.1, -0.05) is 47.5 Å². The van der Waals surface area contributed by atoms with Crippen molar-refractivity contribution < 1.29 is 9.90 Å². The van der Waals surface area contributed by atoms with E-state index in [0.717, 1.165) is 48.3 Å². The van der Waals surface area contributed by atoms with Crippen LogP contribution in [-0.4, -0.2) is 11.1 Å². The zero-order valence-electron chi connectivity index (χ0n) is 18.0. The zero-order valence-corrected chi connectivity index (χ0v) is 18.0. The predicted octanol–water partition coefficient (Wildman–Crippen LogP) is 7.56. The molecule has 0 aromatic heterocycles. The number of carboxylic acids is 1. The van der Waals surface area contributed by atoms with E-state index in [-0.39, 0.29) is 7.43 Å². The zero-order chi connectivity index (χ0) is 19.2. The fraction of sp³-hybridized carbons (Fsp3) is 0.962. The van der Waals surface area contributed by atoms with E-state index in [1.54, 1.807) is 0 Å². The van der Waals surface area contributed by atoms with Gasteiger partial charge in [-0.2, -0.15) is 0 Å². The summed E-state index contributed by atoms with van der Waals surface area (Å²) in [4.78, 5) is 11.0. The summed E-state index contributed by atoms with van der Waals surface area (Å²) in [6.07, 6.45) is 16.9. The smallest absolute Gasteiger partial charge is 0.303 e. The number of aliphatic carboxylic acids is 1. The van der Waals surface area contributed by atoms with Gasteiger partial charge in [0.15, 0.2) is 0 Å². The average Bonchev–Trinajstić information content (AvgIpc) is 2.97. The summed E-state index contributed by atoms with van der Waals surface area (Å²) in [5.74, 6) is 4.96. The molecule has 2 heteroatoms. The quantitative estimate of drug-likeness (QED) is 0.526. The molecule has 0 spiro atoms. The molecule has 0 aliphatic heterocycles. The van der Waals surface area contributed by atoms with E-state index in [9.17, 15) is 4.79 Å². The highest BCUT2D eigenvalue weighted by molar-refractivity contribution is 5.66. The summed E-state index contributed by atoms with van der Waals surface area (Å²) in [6, 6.07) is 0. The van der Waals surface area contributed by atoms with E-state index in [1.165, 1.54) is 64.2 Å². The Kier molecular flexibility index (Phi) is 6.57. The minimum atomic E-state index is -0.618. The minimum absolute atomic E-state index is 0.